The minimum atomic E-state index is -0.894. The van der Waals surface area contributed by atoms with Crippen LogP contribution in [0.1, 0.15) is 0 Å². The van der Waals surface area contributed by atoms with Crippen molar-refractivity contribution in [3.63, 3.8) is 0 Å². The van der Waals surface area contributed by atoms with Crippen LogP contribution in [0, 0.1) is 0 Å². The lowest BCUT2D eigenvalue weighted by Crippen LogP contribution is -2.37. The van der Waals surface area contributed by atoms with E-state index in [1.807, 2.05) is 0 Å². The minimum absolute atomic E-state index is 0.0336. The van der Waals surface area contributed by atoms with E-state index in [-0.39, 0.29) is 13.3 Å². The summed E-state index contributed by atoms with van der Waals surface area (Å²) in [7, 11) is 0. The van der Waals surface area contributed by atoms with Crippen LogP contribution < -0.4 is 16.5 Å². The van der Waals surface area contributed by atoms with Crippen LogP contribution in [0.15, 0.2) is 38.3 Å². The molecule has 2 N–H and O–H groups in total. The Morgan fingerprint density at radius 1 is 1.29 bits per heavy atom. The van der Waals surface area contributed by atoms with E-state index >= 15 is 0 Å². The lowest BCUT2D eigenvalue weighted by atomic mass is 10.3. The monoisotopic (exact) mass is 236 g/mol. The van der Waals surface area contributed by atoms with E-state index in [1.165, 1.54) is 4.57 Å². The molecule has 0 amide bonds. The van der Waals surface area contributed by atoms with Gasteiger partial charge in [0, 0.05) is 6.54 Å². The molecule has 0 radical (unpaired) electrons. The highest BCUT2D eigenvalue weighted by Crippen LogP contribution is 2.08. The average Bonchev–Trinajstić information content (AvgIpc) is 2.34. The smallest absolute Gasteiger partial charge is 0.402 e. The van der Waals surface area contributed by atoms with Gasteiger partial charge in [-0.05, 0) is 12.1 Å². The summed E-state index contributed by atoms with van der Waals surface area (Å²) in [5.74, 6) is 0. The zero-order valence-corrected chi connectivity index (χ0v) is 9.05. The predicted octanol–water partition coefficient (Wildman–Crippen LogP) is -0.506. The SMILES string of the molecule is O=c1oc2ccccc2n(CNCCO)c1=O. The summed E-state index contributed by atoms with van der Waals surface area (Å²) < 4.78 is 6.16. The maximum atomic E-state index is 11.6. The number of fused-ring (bicyclic) bond motifs is 1. The molecule has 0 saturated carbocycles. The first-order valence-electron chi connectivity index (χ1n) is 5.18. The minimum Gasteiger partial charge on any atom is -0.417 e. The third-order valence-corrected chi connectivity index (χ3v) is 2.34. The second-order valence-corrected chi connectivity index (χ2v) is 3.47. The van der Waals surface area contributed by atoms with Crippen molar-refractivity contribution in [1.29, 1.82) is 0 Å². The van der Waals surface area contributed by atoms with Crippen molar-refractivity contribution >= 4 is 11.1 Å². The topological polar surface area (TPSA) is 84.5 Å². The van der Waals surface area contributed by atoms with Crippen molar-refractivity contribution in [3.05, 3.63) is 45.0 Å². The molecule has 0 fully saturated rings. The largest absolute Gasteiger partial charge is 0.417 e. The van der Waals surface area contributed by atoms with Crippen molar-refractivity contribution in [2.24, 2.45) is 0 Å². The van der Waals surface area contributed by atoms with Crippen LogP contribution in [0.25, 0.3) is 11.1 Å². The molecule has 2 aromatic rings. The van der Waals surface area contributed by atoms with Crippen LogP contribution in [0.4, 0.5) is 0 Å². The Bertz CT molecular complexity index is 629. The number of aliphatic hydroxyl groups excluding tert-OH is 1. The first kappa shape index (κ1) is 11.6. The first-order chi connectivity index (χ1) is 8.24. The predicted molar refractivity (Wildman–Crippen MR) is 61.8 cm³/mol. The van der Waals surface area contributed by atoms with Crippen LogP contribution in [0.3, 0.4) is 0 Å². The second kappa shape index (κ2) is 4.94. The zero-order valence-electron chi connectivity index (χ0n) is 9.05. The summed E-state index contributed by atoms with van der Waals surface area (Å²) in [5, 5.41) is 11.5. The summed E-state index contributed by atoms with van der Waals surface area (Å²) in [5.41, 5.74) is -0.700. The van der Waals surface area contributed by atoms with Gasteiger partial charge < -0.3 is 9.52 Å². The van der Waals surface area contributed by atoms with E-state index in [9.17, 15) is 9.59 Å². The van der Waals surface area contributed by atoms with E-state index in [0.29, 0.717) is 17.6 Å². The van der Waals surface area contributed by atoms with Gasteiger partial charge in [0.15, 0.2) is 5.58 Å². The molecule has 2 rings (SSSR count). The molecule has 0 unspecified atom stereocenters. The highest BCUT2D eigenvalue weighted by Gasteiger charge is 2.08. The molecule has 0 bridgehead atoms. The highest BCUT2D eigenvalue weighted by molar-refractivity contribution is 5.71. The molecule has 0 saturated heterocycles. The maximum absolute atomic E-state index is 11.6. The summed E-state index contributed by atoms with van der Waals surface area (Å²) in [6.07, 6.45) is 0. The van der Waals surface area contributed by atoms with Crippen LogP contribution >= 0.6 is 0 Å². The number of nitrogens with zero attached hydrogens (tertiary/aromatic N) is 1. The third-order valence-electron chi connectivity index (χ3n) is 2.34. The summed E-state index contributed by atoms with van der Waals surface area (Å²) in [4.78, 5) is 22.9. The molecule has 17 heavy (non-hydrogen) atoms. The second-order valence-electron chi connectivity index (χ2n) is 3.47. The number of hydrogen-bond donors (Lipinski definition) is 2. The van der Waals surface area contributed by atoms with Crippen molar-refractivity contribution in [2.45, 2.75) is 6.67 Å². The Hall–Kier alpha value is -1.92. The fourth-order valence-corrected chi connectivity index (χ4v) is 1.56. The number of aliphatic hydroxyl groups is 1. The standard InChI is InChI=1S/C11H12N2O4/c14-6-5-12-7-13-8-3-1-2-4-9(8)17-11(16)10(13)15/h1-4,12,14H,5-7H2. The summed E-state index contributed by atoms with van der Waals surface area (Å²) in [6, 6.07) is 6.80. The lowest BCUT2D eigenvalue weighted by molar-refractivity contribution is 0.286. The Morgan fingerprint density at radius 3 is 2.82 bits per heavy atom. The molecule has 90 valence electrons. The fourth-order valence-electron chi connectivity index (χ4n) is 1.56. The first-order valence-corrected chi connectivity index (χ1v) is 5.18. The number of hydrogen-bond acceptors (Lipinski definition) is 5. The van der Waals surface area contributed by atoms with E-state index in [4.69, 9.17) is 9.52 Å². The summed E-state index contributed by atoms with van der Waals surface area (Å²) in [6.45, 7) is 0.473. The number of aromatic nitrogens is 1. The van der Waals surface area contributed by atoms with Crippen molar-refractivity contribution < 1.29 is 9.52 Å². The lowest BCUT2D eigenvalue weighted by Gasteiger charge is -2.08. The quantitative estimate of drug-likeness (QED) is 0.552. The Balaban J connectivity index is 2.54. The van der Waals surface area contributed by atoms with Crippen LogP contribution in [0.2, 0.25) is 0 Å². The molecular weight excluding hydrogens is 224 g/mol. The van der Waals surface area contributed by atoms with Gasteiger partial charge in [-0.25, -0.2) is 4.79 Å². The van der Waals surface area contributed by atoms with Gasteiger partial charge in [0.05, 0.1) is 18.8 Å². The number of nitrogens with one attached hydrogen (secondary N) is 1. The van der Waals surface area contributed by atoms with E-state index < -0.39 is 11.2 Å². The van der Waals surface area contributed by atoms with Gasteiger partial charge in [-0.15, -0.1) is 0 Å². The van der Waals surface area contributed by atoms with Gasteiger partial charge in [-0.1, -0.05) is 12.1 Å². The molecule has 0 aliphatic carbocycles. The number of para-hydroxylation sites is 2. The fraction of sp³-hybridized carbons (Fsp3) is 0.273. The average molecular weight is 236 g/mol. The van der Waals surface area contributed by atoms with Crippen LogP contribution in [0.5, 0.6) is 0 Å². The van der Waals surface area contributed by atoms with E-state index in [0.717, 1.165) is 0 Å². The molecule has 6 nitrogen and oxygen atoms in total. The van der Waals surface area contributed by atoms with Crippen LogP contribution in [-0.4, -0.2) is 22.8 Å². The Morgan fingerprint density at radius 2 is 2.06 bits per heavy atom. The Labute approximate surface area is 96.1 Å². The molecule has 1 heterocycles. The third kappa shape index (κ3) is 2.27. The normalized spacial score (nSPS) is 10.9. The molecular formula is C11H12N2O4. The van der Waals surface area contributed by atoms with Gasteiger partial charge in [0.25, 0.3) is 0 Å². The molecule has 0 aliphatic heterocycles. The molecule has 1 aromatic heterocycles. The maximum Gasteiger partial charge on any atom is 0.402 e. The van der Waals surface area contributed by atoms with Gasteiger partial charge in [-0.2, -0.15) is 0 Å². The van der Waals surface area contributed by atoms with Crippen molar-refractivity contribution in [1.82, 2.24) is 9.88 Å². The Kier molecular flexibility index (Phi) is 3.36. The van der Waals surface area contributed by atoms with Crippen molar-refractivity contribution in [3.8, 4) is 0 Å². The molecule has 6 heteroatoms. The van der Waals surface area contributed by atoms with E-state index in [2.05, 4.69) is 5.32 Å². The van der Waals surface area contributed by atoms with Gasteiger partial charge >= 0.3 is 11.2 Å². The molecule has 0 spiro atoms. The molecule has 1 aromatic carbocycles. The zero-order chi connectivity index (χ0) is 12.3. The van der Waals surface area contributed by atoms with Gasteiger partial charge in [-0.3, -0.25) is 14.7 Å². The van der Waals surface area contributed by atoms with Gasteiger partial charge in [0.1, 0.15) is 0 Å². The summed E-state index contributed by atoms with van der Waals surface area (Å²) >= 11 is 0. The van der Waals surface area contributed by atoms with Crippen molar-refractivity contribution in [2.75, 3.05) is 13.2 Å². The van der Waals surface area contributed by atoms with Crippen LogP contribution in [-0.2, 0) is 6.67 Å². The molecule has 0 aliphatic rings. The van der Waals surface area contributed by atoms with E-state index in [1.54, 1.807) is 24.3 Å². The number of rotatable bonds is 4. The number of benzene rings is 1. The van der Waals surface area contributed by atoms with Gasteiger partial charge in [0.2, 0.25) is 0 Å². The highest BCUT2D eigenvalue weighted by atomic mass is 16.4. The molecule has 0 atom stereocenters.